The number of halogens is 1. The Labute approximate surface area is 144 Å². The van der Waals surface area contributed by atoms with Gasteiger partial charge in [0.15, 0.2) is 11.5 Å². The lowest BCUT2D eigenvalue weighted by Crippen LogP contribution is -2.16. The maximum Gasteiger partial charge on any atom is 0.280 e. The zero-order valence-corrected chi connectivity index (χ0v) is 14.0. The van der Waals surface area contributed by atoms with Crippen LogP contribution in [0.1, 0.15) is 21.6 Å². The van der Waals surface area contributed by atoms with E-state index >= 15 is 0 Å². The van der Waals surface area contributed by atoms with Crippen LogP contribution in [0.3, 0.4) is 0 Å². The Kier molecular flexibility index (Phi) is 4.22. The molecule has 0 saturated carbocycles. The molecule has 0 radical (unpaired) electrons. The Balaban J connectivity index is 1.90. The van der Waals surface area contributed by atoms with Crippen molar-refractivity contribution >= 4 is 29.0 Å². The van der Waals surface area contributed by atoms with Gasteiger partial charge in [0.25, 0.3) is 5.91 Å². The van der Waals surface area contributed by atoms with Crippen LogP contribution >= 0.6 is 11.6 Å². The standard InChI is InChI=1S/C17H16ClN5O/c1-10-5-3-8-14(11(10)2)20-17(24)15-16(19)23(22-21-15)13-7-4-6-12(18)9-13/h3-9H,19H2,1-2H3,(H,20,24). The van der Waals surface area contributed by atoms with E-state index in [-0.39, 0.29) is 11.5 Å². The summed E-state index contributed by atoms with van der Waals surface area (Å²) in [6, 6.07) is 12.7. The fourth-order valence-electron chi connectivity index (χ4n) is 2.32. The number of hydrogen-bond donors (Lipinski definition) is 2. The van der Waals surface area contributed by atoms with Gasteiger partial charge in [0, 0.05) is 10.7 Å². The van der Waals surface area contributed by atoms with Crippen LogP contribution in [-0.4, -0.2) is 20.9 Å². The Morgan fingerprint density at radius 1 is 1.21 bits per heavy atom. The monoisotopic (exact) mass is 341 g/mol. The first-order valence-corrected chi connectivity index (χ1v) is 7.70. The second-order valence-corrected chi connectivity index (χ2v) is 5.85. The van der Waals surface area contributed by atoms with E-state index in [0.29, 0.717) is 10.7 Å². The minimum absolute atomic E-state index is 0.0656. The molecule has 1 amide bonds. The van der Waals surface area contributed by atoms with E-state index in [1.54, 1.807) is 24.3 Å². The van der Waals surface area contributed by atoms with Crippen LogP contribution in [0, 0.1) is 13.8 Å². The molecule has 1 aromatic heterocycles. The van der Waals surface area contributed by atoms with Gasteiger partial charge in [-0.15, -0.1) is 5.10 Å². The highest BCUT2D eigenvalue weighted by Crippen LogP contribution is 2.21. The number of anilines is 2. The van der Waals surface area contributed by atoms with E-state index in [0.717, 1.165) is 16.8 Å². The fraction of sp³-hybridized carbons (Fsp3) is 0.118. The van der Waals surface area contributed by atoms with Crippen molar-refractivity contribution in [3.8, 4) is 5.69 Å². The van der Waals surface area contributed by atoms with Crippen LogP contribution < -0.4 is 11.1 Å². The van der Waals surface area contributed by atoms with Gasteiger partial charge in [0.05, 0.1) is 5.69 Å². The number of nitrogens with one attached hydrogen (secondary N) is 1. The predicted octanol–water partition coefficient (Wildman–Crippen LogP) is 3.37. The third-order valence-electron chi connectivity index (χ3n) is 3.83. The van der Waals surface area contributed by atoms with Crippen molar-refractivity contribution in [3.63, 3.8) is 0 Å². The molecule has 0 atom stereocenters. The van der Waals surface area contributed by atoms with Gasteiger partial charge >= 0.3 is 0 Å². The molecule has 0 aliphatic heterocycles. The summed E-state index contributed by atoms with van der Waals surface area (Å²) in [7, 11) is 0. The topological polar surface area (TPSA) is 85.8 Å². The first kappa shape index (κ1) is 16.0. The smallest absolute Gasteiger partial charge is 0.280 e. The molecule has 7 heteroatoms. The van der Waals surface area contributed by atoms with Crippen molar-refractivity contribution in [2.75, 3.05) is 11.1 Å². The Hall–Kier alpha value is -2.86. The predicted molar refractivity (Wildman–Crippen MR) is 94.7 cm³/mol. The molecule has 1 heterocycles. The Morgan fingerprint density at radius 2 is 1.96 bits per heavy atom. The number of aromatic nitrogens is 3. The van der Waals surface area contributed by atoms with E-state index in [4.69, 9.17) is 17.3 Å². The third-order valence-corrected chi connectivity index (χ3v) is 4.06. The molecule has 0 aliphatic rings. The molecule has 0 spiro atoms. The fourth-order valence-corrected chi connectivity index (χ4v) is 2.50. The highest BCUT2D eigenvalue weighted by atomic mass is 35.5. The molecule has 24 heavy (non-hydrogen) atoms. The summed E-state index contributed by atoms with van der Waals surface area (Å²) < 4.78 is 1.38. The summed E-state index contributed by atoms with van der Waals surface area (Å²) in [5.74, 6) is -0.255. The highest BCUT2D eigenvalue weighted by molar-refractivity contribution is 6.30. The number of carbonyl (C=O) groups is 1. The summed E-state index contributed by atoms with van der Waals surface area (Å²) in [6.45, 7) is 3.92. The van der Waals surface area contributed by atoms with Crippen LogP contribution in [0.2, 0.25) is 5.02 Å². The lowest BCUT2D eigenvalue weighted by molar-refractivity contribution is 0.102. The van der Waals surface area contributed by atoms with E-state index in [2.05, 4.69) is 15.6 Å². The molecule has 0 saturated heterocycles. The van der Waals surface area contributed by atoms with Gasteiger partial charge in [-0.2, -0.15) is 4.68 Å². The van der Waals surface area contributed by atoms with Gasteiger partial charge in [-0.1, -0.05) is 35.0 Å². The third kappa shape index (κ3) is 2.96. The van der Waals surface area contributed by atoms with Gasteiger partial charge in [0.2, 0.25) is 0 Å². The molecule has 3 N–H and O–H groups in total. The molecule has 122 valence electrons. The second-order valence-electron chi connectivity index (χ2n) is 5.42. The first-order valence-electron chi connectivity index (χ1n) is 7.32. The van der Waals surface area contributed by atoms with E-state index in [1.165, 1.54) is 4.68 Å². The maximum absolute atomic E-state index is 12.5. The number of aryl methyl sites for hydroxylation is 1. The average Bonchev–Trinajstić information content (AvgIpc) is 2.93. The van der Waals surface area contributed by atoms with Crippen molar-refractivity contribution in [3.05, 3.63) is 64.3 Å². The molecule has 0 aliphatic carbocycles. The minimum Gasteiger partial charge on any atom is -0.382 e. The largest absolute Gasteiger partial charge is 0.382 e. The molecule has 0 fully saturated rings. The summed E-state index contributed by atoms with van der Waals surface area (Å²) in [5, 5.41) is 11.2. The molecular weight excluding hydrogens is 326 g/mol. The van der Waals surface area contributed by atoms with Crippen molar-refractivity contribution < 1.29 is 4.79 Å². The number of hydrogen-bond acceptors (Lipinski definition) is 4. The molecule has 2 aromatic carbocycles. The summed E-state index contributed by atoms with van der Waals surface area (Å²) in [5.41, 5.74) is 9.54. The first-order chi connectivity index (χ1) is 11.5. The molecule has 0 bridgehead atoms. The Morgan fingerprint density at radius 3 is 2.71 bits per heavy atom. The number of nitrogens with two attached hydrogens (primary N) is 1. The number of rotatable bonds is 3. The normalized spacial score (nSPS) is 10.6. The quantitative estimate of drug-likeness (QED) is 0.764. The second kappa shape index (κ2) is 6.33. The van der Waals surface area contributed by atoms with Crippen LogP contribution in [0.15, 0.2) is 42.5 Å². The van der Waals surface area contributed by atoms with Crippen LogP contribution in [-0.2, 0) is 0 Å². The zero-order valence-electron chi connectivity index (χ0n) is 13.2. The highest BCUT2D eigenvalue weighted by Gasteiger charge is 2.19. The number of nitrogen functional groups attached to an aromatic ring is 1. The van der Waals surface area contributed by atoms with Crippen LogP contribution in [0.5, 0.6) is 0 Å². The van der Waals surface area contributed by atoms with Gasteiger partial charge < -0.3 is 11.1 Å². The maximum atomic E-state index is 12.5. The number of benzene rings is 2. The van der Waals surface area contributed by atoms with Crippen molar-refractivity contribution in [1.82, 2.24) is 15.0 Å². The number of nitrogens with zero attached hydrogens (tertiary/aromatic N) is 3. The zero-order chi connectivity index (χ0) is 17.3. The van der Waals surface area contributed by atoms with Crippen LogP contribution in [0.25, 0.3) is 5.69 Å². The Bertz CT molecular complexity index is 919. The summed E-state index contributed by atoms with van der Waals surface area (Å²) in [4.78, 5) is 12.5. The van der Waals surface area contributed by atoms with Gasteiger partial charge in [-0.05, 0) is 49.2 Å². The summed E-state index contributed by atoms with van der Waals surface area (Å²) in [6.07, 6.45) is 0. The summed E-state index contributed by atoms with van der Waals surface area (Å²) >= 11 is 5.97. The van der Waals surface area contributed by atoms with Crippen molar-refractivity contribution in [2.24, 2.45) is 0 Å². The van der Waals surface area contributed by atoms with E-state index < -0.39 is 5.91 Å². The van der Waals surface area contributed by atoms with E-state index in [1.807, 2.05) is 32.0 Å². The van der Waals surface area contributed by atoms with Crippen LogP contribution in [0.4, 0.5) is 11.5 Å². The number of carbonyl (C=O) groups excluding carboxylic acids is 1. The lowest BCUT2D eigenvalue weighted by Gasteiger charge is -2.09. The van der Waals surface area contributed by atoms with Gasteiger partial charge in [0.1, 0.15) is 0 Å². The van der Waals surface area contributed by atoms with Crippen molar-refractivity contribution in [2.45, 2.75) is 13.8 Å². The van der Waals surface area contributed by atoms with Crippen molar-refractivity contribution in [1.29, 1.82) is 0 Å². The molecule has 6 nitrogen and oxygen atoms in total. The van der Waals surface area contributed by atoms with E-state index in [9.17, 15) is 4.79 Å². The minimum atomic E-state index is -0.408. The van der Waals surface area contributed by atoms with Gasteiger partial charge in [-0.3, -0.25) is 4.79 Å². The SMILES string of the molecule is Cc1cccc(NC(=O)c2nnn(-c3cccc(Cl)c3)c2N)c1C. The molecule has 3 rings (SSSR count). The number of amides is 1. The molecular formula is C17H16ClN5O. The average molecular weight is 342 g/mol. The molecule has 3 aromatic rings. The molecule has 0 unspecified atom stereocenters. The van der Waals surface area contributed by atoms with Gasteiger partial charge in [-0.25, -0.2) is 0 Å². The lowest BCUT2D eigenvalue weighted by atomic mass is 10.1.